The molecule has 0 bridgehead atoms. The van der Waals surface area contributed by atoms with Crippen LogP contribution in [0.5, 0.6) is 5.75 Å². The quantitative estimate of drug-likeness (QED) is 0.504. The smallest absolute Gasteiger partial charge is 0.271 e. The SMILES string of the molecule is COc1ccc(C=NNC(=O)c2cccc(N3Cc4cc(C)c(C)cc4C3)c2)cc1. The van der Waals surface area contributed by atoms with E-state index in [-0.39, 0.29) is 5.91 Å². The van der Waals surface area contributed by atoms with Gasteiger partial charge in [0.2, 0.25) is 0 Å². The molecule has 0 fully saturated rings. The lowest BCUT2D eigenvalue weighted by Crippen LogP contribution is -2.19. The van der Waals surface area contributed by atoms with Gasteiger partial charge in [-0.15, -0.1) is 0 Å². The van der Waals surface area contributed by atoms with Crippen LogP contribution in [0.15, 0.2) is 65.8 Å². The molecule has 5 nitrogen and oxygen atoms in total. The summed E-state index contributed by atoms with van der Waals surface area (Å²) >= 11 is 0. The van der Waals surface area contributed by atoms with Crippen LogP contribution in [0.3, 0.4) is 0 Å². The molecule has 1 aliphatic heterocycles. The number of nitrogens with zero attached hydrogens (tertiary/aromatic N) is 2. The predicted octanol–water partition coefficient (Wildman–Crippen LogP) is 4.60. The van der Waals surface area contributed by atoms with Crippen LogP contribution in [0.4, 0.5) is 5.69 Å². The number of nitrogens with one attached hydrogen (secondary N) is 1. The van der Waals surface area contributed by atoms with Gasteiger partial charge in [-0.25, -0.2) is 5.43 Å². The highest BCUT2D eigenvalue weighted by Crippen LogP contribution is 2.30. The predicted molar refractivity (Wildman–Crippen MR) is 120 cm³/mol. The van der Waals surface area contributed by atoms with E-state index in [1.807, 2.05) is 42.5 Å². The summed E-state index contributed by atoms with van der Waals surface area (Å²) in [4.78, 5) is 14.8. The maximum absolute atomic E-state index is 12.5. The Kier molecular flexibility index (Phi) is 5.53. The summed E-state index contributed by atoms with van der Waals surface area (Å²) in [5, 5.41) is 4.07. The molecule has 1 amide bonds. The minimum Gasteiger partial charge on any atom is -0.497 e. The molecule has 0 unspecified atom stereocenters. The van der Waals surface area contributed by atoms with E-state index < -0.39 is 0 Å². The highest BCUT2D eigenvalue weighted by molar-refractivity contribution is 5.95. The number of fused-ring (bicyclic) bond motifs is 1. The molecule has 0 spiro atoms. The highest BCUT2D eigenvalue weighted by atomic mass is 16.5. The summed E-state index contributed by atoms with van der Waals surface area (Å²) in [6.07, 6.45) is 1.61. The van der Waals surface area contributed by atoms with Crippen molar-refractivity contribution in [1.82, 2.24) is 5.43 Å². The highest BCUT2D eigenvalue weighted by Gasteiger charge is 2.20. The second-order valence-electron chi connectivity index (χ2n) is 7.58. The van der Waals surface area contributed by atoms with Gasteiger partial charge < -0.3 is 9.64 Å². The number of anilines is 1. The molecule has 5 heteroatoms. The van der Waals surface area contributed by atoms with Crippen LogP contribution in [0.25, 0.3) is 0 Å². The maximum atomic E-state index is 12.5. The Morgan fingerprint density at radius 3 is 2.30 bits per heavy atom. The van der Waals surface area contributed by atoms with Gasteiger partial charge in [0, 0.05) is 24.3 Å². The first-order valence-corrected chi connectivity index (χ1v) is 9.95. The van der Waals surface area contributed by atoms with E-state index in [9.17, 15) is 4.79 Å². The Labute approximate surface area is 177 Å². The van der Waals surface area contributed by atoms with Crippen LogP contribution in [0.1, 0.15) is 38.2 Å². The Balaban J connectivity index is 1.43. The summed E-state index contributed by atoms with van der Waals surface area (Å²) in [7, 11) is 1.63. The molecule has 0 atom stereocenters. The molecule has 30 heavy (non-hydrogen) atoms. The van der Waals surface area contributed by atoms with Crippen molar-refractivity contribution in [2.24, 2.45) is 5.10 Å². The van der Waals surface area contributed by atoms with Crippen molar-refractivity contribution in [3.63, 3.8) is 0 Å². The molecule has 0 saturated carbocycles. The van der Waals surface area contributed by atoms with Gasteiger partial charge >= 0.3 is 0 Å². The topological polar surface area (TPSA) is 53.9 Å². The van der Waals surface area contributed by atoms with E-state index in [1.165, 1.54) is 22.3 Å². The van der Waals surface area contributed by atoms with Crippen LogP contribution < -0.4 is 15.1 Å². The number of hydrazone groups is 1. The first-order valence-electron chi connectivity index (χ1n) is 9.95. The van der Waals surface area contributed by atoms with Crippen molar-refractivity contribution >= 4 is 17.8 Å². The van der Waals surface area contributed by atoms with E-state index in [0.29, 0.717) is 5.56 Å². The molecule has 3 aromatic carbocycles. The Morgan fingerprint density at radius 1 is 1.00 bits per heavy atom. The number of ether oxygens (including phenoxy) is 1. The third-order valence-corrected chi connectivity index (χ3v) is 5.51. The normalized spacial score (nSPS) is 12.8. The molecule has 1 aliphatic rings. The zero-order valence-electron chi connectivity index (χ0n) is 17.5. The zero-order chi connectivity index (χ0) is 21.1. The zero-order valence-corrected chi connectivity index (χ0v) is 17.5. The number of aryl methyl sites for hydroxylation is 2. The van der Waals surface area contributed by atoms with Crippen molar-refractivity contribution in [1.29, 1.82) is 0 Å². The number of carbonyl (C=O) groups excluding carboxylic acids is 1. The minimum absolute atomic E-state index is 0.231. The fourth-order valence-electron chi connectivity index (χ4n) is 3.64. The molecule has 1 N–H and O–H groups in total. The summed E-state index contributed by atoms with van der Waals surface area (Å²) in [5.74, 6) is 0.549. The second kappa shape index (κ2) is 8.41. The van der Waals surface area contributed by atoms with Gasteiger partial charge in [0.15, 0.2) is 0 Å². The summed E-state index contributed by atoms with van der Waals surface area (Å²) < 4.78 is 5.14. The van der Waals surface area contributed by atoms with Gasteiger partial charge in [0.1, 0.15) is 5.75 Å². The van der Waals surface area contributed by atoms with Gasteiger partial charge in [-0.3, -0.25) is 4.79 Å². The monoisotopic (exact) mass is 399 g/mol. The third kappa shape index (κ3) is 4.20. The van der Waals surface area contributed by atoms with E-state index in [2.05, 4.69) is 41.4 Å². The van der Waals surface area contributed by atoms with Crippen molar-refractivity contribution in [2.45, 2.75) is 26.9 Å². The number of amides is 1. The lowest BCUT2D eigenvalue weighted by molar-refractivity contribution is 0.0955. The summed E-state index contributed by atoms with van der Waals surface area (Å²) in [6.45, 7) is 6.01. The van der Waals surface area contributed by atoms with Gasteiger partial charge in [0.25, 0.3) is 5.91 Å². The van der Waals surface area contributed by atoms with Gasteiger partial charge in [-0.2, -0.15) is 5.10 Å². The molecule has 152 valence electrons. The average Bonchev–Trinajstić information content (AvgIpc) is 3.17. The van der Waals surface area contributed by atoms with Crippen molar-refractivity contribution < 1.29 is 9.53 Å². The Morgan fingerprint density at radius 2 is 1.67 bits per heavy atom. The number of hydrogen-bond acceptors (Lipinski definition) is 4. The molecule has 3 aromatic rings. The molecule has 0 aliphatic carbocycles. The van der Waals surface area contributed by atoms with E-state index >= 15 is 0 Å². The van der Waals surface area contributed by atoms with Crippen LogP contribution in [0, 0.1) is 13.8 Å². The first-order chi connectivity index (χ1) is 14.5. The van der Waals surface area contributed by atoms with E-state index in [0.717, 1.165) is 30.1 Å². The van der Waals surface area contributed by atoms with Gasteiger partial charge in [-0.05, 0) is 84.1 Å². The fourth-order valence-corrected chi connectivity index (χ4v) is 3.64. The maximum Gasteiger partial charge on any atom is 0.271 e. The largest absolute Gasteiger partial charge is 0.497 e. The number of carbonyl (C=O) groups is 1. The lowest BCUT2D eigenvalue weighted by atomic mass is 10.0. The Bertz CT molecular complexity index is 1070. The second-order valence-corrected chi connectivity index (χ2v) is 7.58. The van der Waals surface area contributed by atoms with E-state index in [4.69, 9.17) is 4.74 Å². The fraction of sp³-hybridized carbons (Fsp3) is 0.200. The van der Waals surface area contributed by atoms with Crippen molar-refractivity contribution in [3.05, 3.63) is 94.0 Å². The number of hydrogen-bond donors (Lipinski definition) is 1. The van der Waals surface area contributed by atoms with Crippen molar-refractivity contribution in [3.8, 4) is 5.75 Å². The van der Waals surface area contributed by atoms with Crippen LogP contribution >= 0.6 is 0 Å². The average molecular weight is 399 g/mol. The van der Waals surface area contributed by atoms with Crippen LogP contribution in [-0.2, 0) is 13.1 Å². The molecule has 4 rings (SSSR count). The number of benzene rings is 3. The minimum atomic E-state index is -0.231. The molecular weight excluding hydrogens is 374 g/mol. The summed E-state index contributed by atoms with van der Waals surface area (Å²) in [5.41, 5.74) is 10.5. The van der Waals surface area contributed by atoms with Crippen molar-refractivity contribution in [2.75, 3.05) is 12.0 Å². The first kappa shape index (κ1) is 19.7. The lowest BCUT2D eigenvalue weighted by Gasteiger charge is -2.18. The molecule has 0 aromatic heterocycles. The van der Waals surface area contributed by atoms with Gasteiger partial charge in [0.05, 0.1) is 13.3 Å². The summed E-state index contributed by atoms with van der Waals surface area (Å²) in [6, 6.07) is 19.7. The Hall–Kier alpha value is -3.60. The molecular formula is C25H25N3O2. The molecule has 0 radical (unpaired) electrons. The van der Waals surface area contributed by atoms with E-state index in [1.54, 1.807) is 19.4 Å². The number of methoxy groups -OCH3 is 1. The van der Waals surface area contributed by atoms with Gasteiger partial charge in [-0.1, -0.05) is 18.2 Å². The van der Waals surface area contributed by atoms with Crippen LogP contribution in [-0.4, -0.2) is 19.2 Å². The number of rotatable bonds is 5. The third-order valence-electron chi connectivity index (χ3n) is 5.51. The standard InChI is InChI=1S/C25H25N3O2/c1-17-11-21-15-28(16-22(21)12-18(17)2)23-6-4-5-20(13-23)25(29)27-26-14-19-7-9-24(30-3)10-8-19/h4-14H,15-16H2,1-3H3,(H,27,29). The molecule has 1 heterocycles. The molecule has 0 saturated heterocycles. The van der Waals surface area contributed by atoms with Crippen LogP contribution in [0.2, 0.25) is 0 Å².